The van der Waals surface area contributed by atoms with Crippen LogP contribution in [0.3, 0.4) is 0 Å². The Bertz CT molecular complexity index is 1240. The van der Waals surface area contributed by atoms with Gasteiger partial charge in [0.1, 0.15) is 11.6 Å². The number of hydrogen-bond acceptors (Lipinski definition) is 7. The van der Waals surface area contributed by atoms with Gasteiger partial charge in [-0.25, -0.2) is 9.37 Å². The molecule has 35 heavy (non-hydrogen) atoms. The van der Waals surface area contributed by atoms with E-state index in [0.29, 0.717) is 49.4 Å². The summed E-state index contributed by atoms with van der Waals surface area (Å²) in [5, 5.41) is 14.6. The number of carbonyl (C=O) groups is 2. The molecule has 0 saturated carbocycles. The van der Waals surface area contributed by atoms with Crippen LogP contribution < -0.4 is 15.5 Å². The van der Waals surface area contributed by atoms with Crippen molar-refractivity contribution >= 4 is 46.6 Å². The Hall–Kier alpha value is -3.76. The third-order valence-electron chi connectivity index (χ3n) is 5.28. The maximum Gasteiger partial charge on any atom is 0.303 e. The van der Waals surface area contributed by atoms with Crippen LogP contribution in [0, 0.1) is 5.82 Å². The molecule has 1 aliphatic heterocycles. The topological polar surface area (TPSA) is 117 Å². The Morgan fingerprint density at radius 2 is 1.91 bits per heavy atom. The zero-order valence-corrected chi connectivity index (χ0v) is 19.4. The number of amides is 1. The van der Waals surface area contributed by atoms with Crippen LogP contribution in [0.4, 0.5) is 27.5 Å². The van der Waals surface area contributed by atoms with Crippen molar-refractivity contribution in [1.82, 2.24) is 9.97 Å². The van der Waals surface area contributed by atoms with Gasteiger partial charge in [-0.1, -0.05) is 23.7 Å². The molecule has 4 rings (SSSR count). The molecular weight excluding hydrogens is 477 g/mol. The minimum Gasteiger partial charge on any atom is -0.481 e. The molecule has 0 radical (unpaired) electrons. The van der Waals surface area contributed by atoms with E-state index in [1.807, 2.05) is 6.07 Å². The smallest absolute Gasteiger partial charge is 0.303 e. The molecule has 1 fully saturated rings. The quantitative estimate of drug-likeness (QED) is 0.419. The summed E-state index contributed by atoms with van der Waals surface area (Å²) in [6.45, 7) is 2.38. The number of hydrogen-bond donors (Lipinski definition) is 3. The maximum atomic E-state index is 13.5. The molecular formula is C24H23ClFN5O4. The van der Waals surface area contributed by atoms with Gasteiger partial charge in [-0.3, -0.25) is 9.59 Å². The summed E-state index contributed by atoms with van der Waals surface area (Å²) in [5.74, 6) is -0.939. The highest BCUT2D eigenvalue weighted by molar-refractivity contribution is 6.31. The van der Waals surface area contributed by atoms with Crippen LogP contribution in [0.5, 0.6) is 0 Å². The zero-order valence-electron chi connectivity index (χ0n) is 18.6. The van der Waals surface area contributed by atoms with Crippen molar-refractivity contribution in [1.29, 1.82) is 0 Å². The SMILES string of the molecule is O=C(O)CCC(=O)Nc1cccc(-c2cnc(Nc3ccc(F)c(Cl)c3)nc2N2CCOCC2)c1. The second-order valence-corrected chi connectivity index (χ2v) is 8.21. The minimum atomic E-state index is -1.03. The van der Waals surface area contributed by atoms with Crippen molar-refractivity contribution in [2.45, 2.75) is 12.8 Å². The molecule has 1 aliphatic rings. The van der Waals surface area contributed by atoms with E-state index < -0.39 is 11.8 Å². The third kappa shape index (κ3) is 6.43. The van der Waals surface area contributed by atoms with E-state index in [9.17, 15) is 14.0 Å². The van der Waals surface area contributed by atoms with E-state index in [2.05, 4.69) is 20.5 Å². The molecule has 0 aliphatic carbocycles. The van der Waals surface area contributed by atoms with Gasteiger partial charge >= 0.3 is 5.97 Å². The number of aromatic nitrogens is 2. The number of ether oxygens (including phenoxy) is 1. The number of carbonyl (C=O) groups excluding carboxylic acids is 1. The lowest BCUT2D eigenvalue weighted by Crippen LogP contribution is -2.37. The fraction of sp³-hybridized carbons (Fsp3) is 0.250. The fourth-order valence-electron chi connectivity index (χ4n) is 3.56. The first kappa shape index (κ1) is 24.4. The number of carboxylic acids is 1. The second kappa shape index (κ2) is 11.1. The number of nitrogens with one attached hydrogen (secondary N) is 2. The van der Waals surface area contributed by atoms with Gasteiger partial charge in [0.15, 0.2) is 0 Å². The average molecular weight is 500 g/mol. The third-order valence-corrected chi connectivity index (χ3v) is 5.57. The molecule has 2 aromatic carbocycles. The van der Waals surface area contributed by atoms with Gasteiger partial charge < -0.3 is 25.4 Å². The largest absolute Gasteiger partial charge is 0.481 e. The van der Waals surface area contributed by atoms with Crippen molar-refractivity contribution in [3.8, 4) is 11.1 Å². The number of aliphatic carboxylic acids is 1. The standard InChI is InChI=1S/C24H23ClFN5O4/c25-19-13-17(4-5-20(19)26)29-24-27-14-18(23(30-24)31-8-10-35-11-9-31)15-2-1-3-16(12-15)28-21(32)6-7-22(33)34/h1-5,12-14H,6-11H2,(H,28,32)(H,33,34)(H,27,29,30). The Labute approximate surface area is 205 Å². The zero-order chi connectivity index (χ0) is 24.8. The Balaban J connectivity index is 1.63. The Morgan fingerprint density at radius 1 is 1.11 bits per heavy atom. The molecule has 3 N–H and O–H groups in total. The van der Waals surface area contributed by atoms with E-state index in [1.54, 1.807) is 30.5 Å². The molecule has 0 bridgehead atoms. The summed E-state index contributed by atoms with van der Waals surface area (Å²) in [6.07, 6.45) is 1.32. The van der Waals surface area contributed by atoms with Crippen molar-refractivity contribution < 1.29 is 23.8 Å². The summed E-state index contributed by atoms with van der Waals surface area (Å²) >= 11 is 5.89. The molecule has 182 valence electrons. The Kier molecular flexibility index (Phi) is 7.74. The molecule has 2 heterocycles. The summed E-state index contributed by atoms with van der Waals surface area (Å²) in [6, 6.07) is 11.4. The molecule has 9 nitrogen and oxygen atoms in total. The second-order valence-electron chi connectivity index (χ2n) is 7.81. The van der Waals surface area contributed by atoms with Gasteiger partial charge in [0.25, 0.3) is 0 Å². The van der Waals surface area contributed by atoms with Crippen molar-refractivity contribution in [3.63, 3.8) is 0 Å². The first-order valence-electron chi connectivity index (χ1n) is 10.9. The molecule has 0 atom stereocenters. The predicted octanol–water partition coefficient (Wildman–Crippen LogP) is 4.32. The number of halogens is 2. The lowest BCUT2D eigenvalue weighted by atomic mass is 10.1. The average Bonchev–Trinajstić information content (AvgIpc) is 2.86. The van der Waals surface area contributed by atoms with Crippen LogP contribution in [-0.4, -0.2) is 53.3 Å². The monoisotopic (exact) mass is 499 g/mol. The van der Waals surface area contributed by atoms with E-state index in [1.165, 1.54) is 12.1 Å². The summed E-state index contributed by atoms with van der Waals surface area (Å²) in [7, 11) is 0. The summed E-state index contributed by atoms with van der Waals surface area (Å²) < 4.78 is 19.0. The van der Waals surface area contributed by atoms with Gasteiger partial charge in [-0.2, -0.15) is 4.98 Å². The van der Waals surface area contributed by atoms with E-state index in [-0.39, 0.29) is 23.8 Å². The Morgan fingerprint density at radius 3 is 2.66 bits per heavy atom. The molecule has 11 heteroatoms. The van der Waals surface area contributed by atoms with Gasteiger partial charge in [0.05, 0.1) is 24.7 Å². The number of rotatable bonds is 8. The lowest BCUT2D eigenvalue weighted by molar-refractivity contribution is -0.138. The number of morpholine rings is 1. The van der Waals surface area contributed by atoms with E-state index in [4.69, 9.17) is 26.4 Å². The summed E-state index contributed by atoms with van der Waals surface area (Å²) in [5.41, 5.74) is 2.60. The number of carboxylic acid groups (broad SMARTS) is 1. The first-order valence-corrected chi connectivity index (χ1v) is 11.3. The maximum absolute atomic E-state index is 13.5. The van der Waals surface area contributed by atoms with Crippen LogP contribution in [-0.2, 0) is 14.3 Å². The van der Waals surface area contributed by atoms with Crippen molar-refractivity contribution in [2.75, 3.05) is 41.8 Å². The molecule has 3 aromatic rings. The van der Waals surface area contributed by atoms with Gasteiger partial charge in [0.2, 0.25) is 11.9 Å². The van der Waals surface area contributed by atoms with Crippen LogP contribution in [0.1, 0.15) is 12.8 Å². The van der Waals surface area contributed by atoms with Crippen LogP contribution in [0.25, 0.3) is 11.1 Å². The normalized spacial score (nSPS) is 13.4. The fourth-order valence-corrected chi connectivity index (χ4v) is 3.74. The molecule has 1 saturated heterocycles. The lowest BCUT2D eigenvalue weighted by Gasteiger charge is -2.29. The van der Waals surface area contributed by atoms with Gasteiger partial charge in [-0.05, 0) is 35.9 Å². The van der Waals surface area contributed by atoms with Crippen molar-refractivity contribution in [3.05, 3.63) is 59.5 Å². The van der Waals surface area contributed by atoms with Crippen LogP contribution in [0.2, 0.25) is 5.02 Å². The van der Waals surface area contributed by atoms with Crippen LogP contribution in [0.15, 0.2) is 48.7 Å². The molecule has 1 aromatic heterocycles. The molecule has 0 spiro atoms. The summed E-state index contributed by atoms with van der Waals surface area (Å²) in [4.78, 5) is 34.0. The van der Waals surface area contributed by atoms with Gasteiger partial charge in [-0.15, -0.1) is 0 Å². The number of anilines is 4. The highest BCUT2D eigenvalue weighted by atomic mass is 35.5. The number of nitrogens with zero attached hydrogens (tertiary/aromatic N) is 3. The van der Waals surface area contributed by atoms with E-state index >= 15 is 0 Å². The minimum absolute atomic E-state index is 0.0118. The molecule has 1 amide bonds. The van der Waals surface area contributed by atoms with Gasteiger partial charge in [0, 0.05) is 42.6 Å². The highest BCUT2D eigenvalue weighted by Gasteiger charge is 2.19. The predicted molar refractivity (Wildman–Crippen MR) is 131 cm³/mol. The van der Waals surface area contributed by atoms with Crippen LogP contribution >= 0.6 is 11.6 Å². The highest BCUT2D eigenvalue weighted by Crippen LogP contribution is 2.32. The first-order chi connectivity index (χ1) is 16.9. The molecule has 0 unspecified atom stereocenters. The van der Waals surface area contributed by atoms with Crippen molar-refractivity contribution in [2.24, 2.45) is 0 Å². The number of benzene rings is 2. The van der Waals surface area contributed by atoms with E-state index in [0.717, 1.165) is 11.1 Å².